The zero-order chi connectivity index (χ0) is 30.5. The van der Waals surface area contributed by atoms with Crippen LogP contribution >= 0.6 is 0 Å². The molecule has 1 saturated heterocycles. The van der Waals surface area contributed by atoms with Gasteiger partial charge in [0.25, 0.3) is 5.91 Å². The number of nitrogens with one attached hydrogen (secondary N) is 2. The van der Waals surface area contributed by atoms with Gasteiger partial charge in [0.15, 0.2) is 11.5 Å². The number of aliphatic carboxylic acids is 1. The molecule has 4 rings (SSSR count). The van der Waals surface area contributed by atoms with Crippen molar-refractivity contribution in [3.63, 3.8) is 0 Å². The maximum absolute atomic E-state index is 13.3. The van der Waals surface area contributed by atoms with Gasteiger partial charge in [-0.1, -0.05) is 24.3 Å². The molecule has 0 unspecified atom stereocenters. The highest BCUT2D eigenvalue weighted by molar-refractivity contribution is 5.95. The molecule has 1 amide bonds. The van der Waals surface area contributed by atoms with Gasteiger partial charge in [-0.15, -0.1) is 0 Å². The summed E-state index contributed by atoms with van der Waals surface area (Å²) >= 11 is 0. The summed E-state index contributed by atoms with van der Waals surface area (Å²) in [5.41, 5.74) is 3.15. The number of benzene rings is 2. The minimum Gasteiger partial charge on any atom is -0.493 e. The molecule has 42 heavy (non-hydrogen) atoms. The molecule has 1 fully saturated rings. The Morgan fingerprint density at radius 1 is 1.05 bits per heavy atom. The van der Waals surface area contributed by atoms with Crippen molar-refractivity contribution >= 4 is 11.9 Å². The van der Waals surface area contributed by atoms with Crippen LogP contribution in [-0.2, 0) is 22.4 Å². The normalized spacial score (nSPS) is 19.4. The topological polar surface area (TPSA) is 109 Å². The van der Waals surface area contributed by atoms with Crippen LogP contribution in [0.25, 0.3) is 0 Å². The van der Waals surface area contributed by atoms with Crippen LogP contribution in [0.15, 0.2) is 42.5 Å². The Bertz CT molecular complexity index is 1140. The van der Waals surface area contributed by atoms with Gasteiger partial charge in [-0.2, -0.15) is 0 Å². The van der Waals surface area contributed by atoms with Crippen molar-refractivity contribution in [3.8, 4) is 11.5 Å². The van der Waals surface area contributed by atoms with E-state index >= 15 is 0 Å². The SMILES string of the molecule is CNC[C@H]1CNC[C@H]1CN(C(=O)c1ccc(OC)c(OCCCOC)c1)C(C)C.O=C(O)[C@H]1CCc2ccccc2C1. The highest BCUT2D eigenvalue weighted by atomic mass is 16.5. The fraction of sp³-hybridized carbons (Fsp3) is 0.576. The summed E-state index contributed by atoms with van der Waals surface area (Å²) in [6, 6.07) is 13.6. The van der Waals surface area contributed by atoms with Crippen molar-refractivity contribution in [2.24, 2.45) is 17.8 Å². The average Bonchev–Trinajstić information content (AvgIpc) is 3.44. The van der Waals surface area contributed by atoms with Crippen LogP contribution in [0.2, 0.25) is 0 Å². The number of fused-ring (bicyclic) bond motifs is 1. The Morgan fingerprint density at radius 3 is 2.45 bits per heavy atom. The van der Waals surface area contributed by atoms with E-state index < -0.39 is 5.97 Å². The van der Waals surface area contributed by atoms with Gasteiger partial charge in [-0.25, -0.2) is 0 Å². The Labute approximate surface area is 250 Å². The molecule has 0 aromatic heterocycles. The maximum atomic E-state index is 13.3. The van der Waals surface area contributed by atoms with Crippen molar-refractivity contribution in [3.05, 3.63) is 59.2 Å². The summed E-state index contributed by atoms with van der Waals surface area (Å²) < 4.78 is 16.3. The van der Waals surface area contributed by atoms with E-state index in [1.807, 2.05) is 36.2 Å². The number of ether oxygens (including phenoxy) is 3. The van der Waals surface area contributed by atoms with Gasteiger partial charge in [0.1, 0.15) is 0 Å². The lowest BCUT2D eigenvalue weighted by atomic mass is 9.84. The van der Waals surface area contributed by atoms with Crippen molar-refractivity contribution in [1.29, 1.82) is 0 Å². The predicted octanol–water partition coefficient (Wildman–Crippen LogP) is 3.89. The van der Waals surface area contributed by atoms with Crippen LogP contribution in [0, 0.1) is 17.8 Å². The molecule has 0 bridgehead atoms. The number of carbonyl (C=O) groups excluding carboxylic acids is 1. The van der Waals surface area contributed by atoms with Gasteiger partial charge in [0, 0.05) is 44.8 Å². The van der Waals surface area contributed by atoms with Crippen LogP contribution in [0.1, 0.15) is 48.2 Å². The van der Waals surface area contributed by atoms with Crippen LogP contribution in [-0.4, -0.2) is 88.6 Å². The van der Waals surface area contributed by atoms with Crippen molar-refractivity contribution < 1.29 is 28.9 Å². The minimum absolute atomic E-state index is 0.0273. The molecular weight excluding hydrogens is 534 g/mol. The van der Waals surface area contributed by atoms with E-state index in [-0.39, 0.29) is 17.9 Å². The lowest BCUT2D eigenvalue weighted by molar-refractivity contribution is -0.142. The Kier molecular flexibility index (Phi) is 13.6. The third-order valence-electron chi connectivity index (χ3n) is 8.12. The molecule has 1 heterocycles. The van der Waals surface area contributed by atoms with Gasteiger partial charge in [-0.05, 0) is 94.4 Å². The second-order valence-corrected chi connectivity index (χ2v) is 11.4. The zero-order valence-electron chi connectivity index (χ0n) is 25.9. The molecule has 232 valence electrons. The summed E-state index contributed by atoms with van der Waals surface area (Å²) in [7, 11) is 5.25. The molecule has 0 spiro atoms. The Morgan fingerprint density at radius 2 is 1.79 bits per heavy atom. The van der Waals surface area contributed by atoms with Crippen molar-refractivity contribution in [2.75, 3.05) is 60.7 Å². The third kappa shape index (κ3) is 9.44. The van der Waals surface area contributed by atoms with Crippen molar-refractivity contribution in [2.45, 2.75) is 45.6 Å². The molecule has 0 saturated carbocycles. The number of hydrogen-bond acceptors (Lipinski definition) is 7. The first-order valence-corrected chi connectivity index (χ1v) is 15.0. The summed E-state index contributed by atoms with van der Waals surface area (Å²) in [6.45, 7) is 8.91. The van der Waals surface area contributed by atoms with E-state index in [1.165, 1.54) is 11.1 Å². The quantitative estimate of drug-likeness (QED) is 0.305. The molecule has 1 aliphatic carbocycles. The van der Waals surface area contributed by atoms with Crippen LogP contribution in [0.4, 0.5) is 0 Å². The van der Waals surface area contributed by atoms with Crippen LogP contribution < -0.4 is 20.1 Å². The monoisotopic (exact) mass is 583 g/mol. The zero-order valence-corrected chi connectivity index (χ0v) is 25.9. The average molecular weight is 584 g/mol. The highest BCUT2D eigenvalue weighted by Crippen LogP contribution is 2.30. The summed E-state index contributed by atoms with van der Waals surface area (Å²) in [4.78, 5) is 26.1. The molecule has 3 N–H and O–H groups in total. The number of amides is 1. The number of hydrogen-bond donors (Lipinski definition) is 3. The molecular formula is C33H49N3O6. The number of rotatable bonds is 13. The second kappa shape index (κ2) is 17.1. The summed E-state index contributed by atoms with van der Waals surface area (Å²) in [5.74, 6) is 1.39. The van der Waals surface area contributed by atoms with E-state index in [0.717, 1.165) is 45.4 Å². The minimum atomic E-state index is -0.658. The van der Waals surface area contributed by atoms with E-state index in [9.17, 15) is 9.59 Å². The first-order valence-electron chi connectivity index (χ1n) is 15.0. The maximum Gasteiger partial charge on any atom is 0.306 e. The number of carboxylic acids is 1. The van der Waals surface area contributed by atoms with Gasteiger partial charge >= 0.3 is 5.97 Å². The van der Waals surface area contributed by atoms with Gasteiger partial charge in [0.2, 0.25) is 0 Å². The largest absolute Gasteiger partial charge is 0.493 e. The van der Waals surface area contributed by atoms with Gasteiger partial charge < -0.3 is 34.9 Å². The highest BCUT2D eigenvalue weighted by Gasteiger charge is 2.31. The summed E-state index contributed by atoms with van der Waals surface area (Å²) in [5, 5.41) is 15.6. The Hall–Kier alpha value is -3.14. The molecule has 9 heteroatoms. The number of carbonyl (C=O) groups is 2. The second-order valence-electron chi connectivity index (χ2n) is 11.4. The van der Waals surface area contributed by atoms with Gasteiger partial charge in [0.05, 0.1) is 19.6 Å². The first kappa shape index (κ1) is 33.4. The molecule has 2 aromatic carbocycles. The molecule has 2 aromatic rings. The Balaban J connectivity index is 0.000000307. The summed E-state index contributed by atoms with van der Waals surface area (Å²) in [6.07, 6.45) is 3.17. The smallest absolute Gasteiger partial charge is 0.306 e. The van der Waals surface area contributed by atoms with Crippen LogP contribution in [0.5, 0.6) is 11.5 Å². The van der Waals surface area contributed by atoms with E-state index in [1.54, 1.807) is 26.4 Å². The lowest BCUT2D eigenvalue weighted by Gasteiger charge is -2.31. The molecule has 9 nitrogen and oxygen atoms in total. The van der Waals surface area contributed by atoms with E-state index in [4.69, 9.17) is 19.3 Å². The fourth-order valence-electron chi connectivity index (χ4n) is 5.67. The number of carboxylic acid groups (broad SMARTS) is 1. The fourth-order valence-corrected chi connectivity index (χ4v) is 5.67. The third-order valence-corrected chi connectivity index (χ3v) is 8.12. The lowest BCUT2D eigenvalue weighted by Crippen LogP contribution is -2.43. The van der Waals surface area contributed by atoms with Crippen LogP contribution in [0.3, 0.4) is 0 Å². The number of aryl methyl sites for hydroxylation is 1. The molecule has 2 aliphatic rings. The van der Waals surface area contributed by atoms with Gasteiger partial charge in [-0.3, -0.25) is 9.59 Å². The molecule has 1 aliphatic heterocycles. The standard InChI is InChI=1S/C22H37N3O4.C11H12O2/c1-16(2)25(15-19-14-24-13-18(19)12-23-3)22(26)17-7-8-20(28-5)21(11-17)29-10-6-9-27-4;12-11(13)10-6-5-8-3-1-2-4-9(8)7-10/h7-8,11,16,18-19,23-24H,6,9-10,12-15H2,1-5H3;1-4,10H,5-7H2,(H,12,13)/t18-,19-;10-/m00/s1. The first-order chi connectivity index (χ1) is 20.3. The van der Waals surface area contributed by atoms with E-state index in [2.05, 4.69) is 30.5 Å². The number of nitrogens with zero attached hydrogens (tertiary/aromatic N) is 1. The molecule has 0 radical (unpaired) electrons. The molecule has 3 atom stereocenters. The van der Waals surface area contributed by atoms with Crippen molar-refractivity contribution in [1.82, 2.24) is 15.5 Å². The number of methoxy groups -OCH3 is 2. The predicted molar refractivity (Wildman–Crippen MR) is 165 cm³/mol. The van der Waals surface area contributed by atoms with E-state index in [0.29, 0.717) is 48.5 Å².